The van der Waals surface area contributed by atoms with Gasteiger partial charge in [-0.1, -0.05) is 18.2 Å². The first-order valence-electron chi connectivity index (χ1n) is 8.54. The highest BCUT2D eigenvalue weighted by Gasteiger charge is 2.09. The highest BCUT2D eigenvalue weighted by atomic mass is 16.5. The maximum absolute atomic E-state index is 12.0. The third-order valence-electron chi connectivity index (χ3n) is 4.11. The van der Waals surface area contributed by atoms with Crippen LogP contribution in [0.15, 0.2) is 30.3 Å². The molecular weight excluding hydrogens is 314 g/mol. The fraction of sp³-hybridized carbons (Fsp3) is 0.381. The number of aryl methyl sites for hydroxylation is 4. The number of benzene rings is 2. The molecule has 2 aromatic rings. The minimum Gasteiger partial charge on any atom is -0.492 e. The Morgan fingerprint density at radius 3 is 2.24 bits per heavy atom. The smallest absolute Gasteiger partial charge is 0.258 e. The molecule has 0 aromatic heterocycles. The van der Waals surface area contributed by atoms with E-state index in [1.807, 2.05) is 52.8 Å². The Morgan fingerprint density at radius 2 is 1.56 bits per heavy atom. The number of carbonyl (C=O) groups excluding carboxylic acids is 1. The van der Waals surface area contributed by atoms with Crippen LogP contribution in [0.25, 0.3) is 0 Å². The topological polar surface area (TPSA) is 47.6 Å². The van der Waals surface area contributed by atoms with Gasteiger partial charge < -0.3 is 14.8 Å². The van der Waals surface area contributed by atoms with Crippen molar-refractivity contribution in [3.8, 4) is 11.5 Å². The molecule has 0 radical (unpaired) electrons. The Morgan fingerprint density at radius 1 is 0.920 bits per heavy atom. The Hall–Kier alpha value is -2.49. The maximum atomic E-state index is 12.0. The van der Waals surface area contributed by atoms with Crippen LogP contribution < -0.4 is 14.8 Å². The second kappa shape index (κ2) is 8.56. The highest BCUT2D eigenvalue weighted by Crippen LogP contribution is 2.25. The first kappa shape index (κ1) is 18.8. The molecule has 25 heavy (non-hydrogen) atoms. The van der Waals surface area contributed by atoms with Gasteiger partial charge in [-0.3, -0.25) is 4.79 Å². The monoisotopic (exact) mass is 341 g/mol. The summed E-state index contributed by atoms with van der Waals surface area (Å²) >= 11 is 0. The van der Waals surface area contributed by atoms with E-state index in [9.17, 15) is 4.79 Å². The van der Waals surface area contributed by atoms with E-state index < -0.39 is 0 Å². The standard InChI is InChI=1S/C21H27NO3/c1-14-10-15(2)12-19(11-14)24-9-8-22-20(23)13-25-21-17(4)7-6-16(3)18(21)5/h6-7,10-12H,8-9,13H2,1-5H3,(H,22,23). The lowest BCUT2D eigenvalue weighted by molar-refractivity contribution is -0.123. The van der Waals surface area contributed by atoms with Crippen molar-refractivity contribution >= 4 is 5.91 Å². The number of hydrogen-bond acceptors (Lipinski definition) is 3. The van der Waals surface area contributed by atoms with Crippen LogP contribution in [-0.2, 0) is 4.79 Å². The Labute approximate surface area is 150 Å². The van der Waals surface area contributed by atoms with Crippen LogP contribution in [0.4, 0.5) is 0 Å². The van der Waals surface area contributed by atoms with E-state index in [0.29, 0.717) is 13.2 Å². The number of hydrogen-bond donors (Lipinski definition) is 1. The molecule has 0 fully saturated rings. The van der Waals surface area contributed by atoms with Crippen molar-refractivity contribution in [3.05, 3.63) is 58.1 Å². The van der Waals surface area contributed by atoms with Crippen molar-refractivity contribution in [1.29, 1.82) is 0 Å². The second-order valence-electron chi connectivity index (χ2n) is 6.46. The summed E-state index contributed by atoms with van der Waals surface area (Å²) in [5.74, 6) is 1.47. The third-order valence-corrected chi connectivity index (χ3v) is 4.11. The summed E-state index contributed by atoms with van der Waals surface area (Å²) < 4.78 is 11.4. The lowest BCUT2D eigenvalue weighted by Crippen LogP contribution is -2.32. The zero-order valence-corrected chi connectivity index (χ0v) is 15.7. The van der Waals surface area contributed by atoms with Crippen molar-refractivity contribution in [2.45, 2.75) is 34.6 Å². The average molecular weight is 341 g/mol. The van der Waals surface area contributed by atoms with Gasteiger partial charge in [0.25, 0.3) is 5.91 Å². The molecule has 1 amide bonds. The molecule has 0 spiro atoms. The largest absolute Gasteiger partial charge is 0.492 e. The van der Waals surface area contributed by atoms with Gasteiger partial charge in [-0.25, -0.2) is 0 Å². The van der Waals surface area contributed by atoms with E-state index in [4.69, 9.17) is 9.47 Å². The molecule has 2 rings (SSSR count). The first-order chi connectivity index (χ1) is 11.9. The molecule has 0 unspecified atom stereocenters. The van der Waals surface area contributed by atoms with Crippen molar-refractivity contribution in [3.63, 3.8) is 0 Å². The van der Waals surface area contributed by atoms with E-state index in [1.54, 1.807) is 0 Å². The van der Waals surface area contributed by atoms with Crippen LogP contribution >= 0.6 is 0 Å². The van der Waals surface area contributed by atoms with Crippen molar-refractivity contribution in [2.24, 2.45) is 0 Å². The second-order valence-corrected chi connectivity index (χ2v) is 6.46. The number of nitrogens with one attached hydrogen (secondary N) is 1. The molecule has 0 saturated heterocycles. The Balaban J connectivity index is 1.75. The molecule has 0 aliphatic heterocycles. The third kappa shape index (κ3) is 5.52. The molecular formula is C21H27NO3. The van der Waals surface area contributed by atoms with Gasteiger partial charge >= 0.3 is 0 Å². The van der Waals surface area contributed by atoms with Crippen molar-refractivity contribution < 1.29 is 14.3 Å². The minimum atomic E-state index is -0.149. The highest BCUT2D eigenvalue weighted by molar-refractivity contribution is 5.77. The van der Waals surface area contributed by atoms with Gasteiger partial charge in [-0.05, 0) is 74.6 Å². The van der Waals surface area contributed by atoms with Crippen LogP contribution in [0.3, 0.4) is 0 Å². The molecule has 0 atom stereocenters. The van der Waals surface area contributed by atoms with Gasteiger partial charge in [0.15, 0.2) is 6.61 Å². The van der Waals surface area contributed by atoms with E-state index in [1.165, 1.54) is 0 Å². The maximum Gasteiger partial charge on any atom is 0.258 e. The summed E-state index contributed by atoms with van der Waals surface area (Å²) in [7, 11) is 0. The van der Waals surface area contributed by atoms with Crippen molar-refractivity contribution in [1.82, 2.24) is 5.32 Å². The van der Waals surface area contributed by atoms with Gasteiger partial charge in [0, 0.05) is 0 Å². The normalized spacial score (nSPS) is 10.4. The van der Waals surface area contributed by atoms with Gasteiger partial charge in [-0.15, -0.1) is 0 Å². The summed E-state index contributed by atoms with van der Waals surface area (Å²) in [5, 5.41) is 2.82. The predicted octanol–water partition coefficient (Wildman–Crippen LogP) is 3.80. The van der Waals surface area contributed by atoms with E-state index in [-0.39, 0.29) is 12.5 Å². The molecule has 0 heterocycles. The summed E-state index contributed by atoms with van der Waals surface area (Å²) in [6.45, 7) is 11.0. The molecule has 1 N–H and O–H groups in total. The molecule has 0 aliphatic carbocycles. The predicted molar refractivity (Wildman–Crippen MR) is 101 cm³/mol. The van der Waals surface area contributed by atoms with Crippen LogP contribution in [-0.4, -0.2) is 25.7 Å². The minimum absolute atomic E-state index is 0.00862. The van der Waals surface area contributed by atoms with Crippen LogP contribution in [0.1, 0.15) is 27.8 Å². The quantitative estimate of drug-likeness (QED) is 0.779. The summed E-state index contributed by atoms with van der Waals surface area (Å²) in [6, 6.07) is 10.1. The summed E-state index contributed by atoms with van der Waals surface area (Å²) in [4.78, 5) is 12.0. The van der Waals surface area contributed by atoms with Gasteiger partial charge in [0.2, 0.25) is 0 Å². The zero-order chi connectivity index (χ0) is 18.4. The van der Waals surface area contributed by atoms with Gasteiger partial charge in [0.1, 0.15) is 18.1 Å². The molecule has 4 heteroatoms. The zero-order valence-electron chi connectivity index (χ0n) is 15.7. The lowest BCUT2D eigenvalue weighted by Gasteiger charge is -2.14. The average Bonchev–Trinajstić information content (AvgIpc) is 2.54. The first-order valence-corrected chi connectivity index (χ1v) is 8.54. The molecule has 4 nitrogen and oxygen atoms in total. The summed E-state index contributed by atoms with van der Waals surface area (Å²) in [6.07, 6.45) is 0. The SMILES string of the molecule is Cc1cc(C)cc(OCCNC(=O)COc2c(C)ccc(C)c2C)c1. The van der Waals surface area contributed by atoms with E-state index >= 15 is 0 Å². The number of rotatable bonds is 7. The molecule has 0 bridgehead atoms. The lowest BCUT2D eigenvalue weighted by atomic mass is 10.1. The van der Waals surface area contributed by atoms with Gasteiger partial charge in [0.05, 0.1) is 6.54 Å². The van der Waals surface area contributed by atoms with E-state index in [0.717, 1.165) is 39.3 Å². The molecule has 0 saturated carbocycles. The Kier molecular flexibility index (Phi) is 6.45. The molecule has 0 aliphatic rings. The Bertz CT molecular complexity index is 733. The fourth-order valence-corrected chi connectivity index (χ4v) is 2.71. The van der Waals surface area contributed by atoms with Crippen LogP contribution in [0, 0.1) is 34.6 Å². The van der Waals surface area contributed by atoms with Crippen LogP contribution in [0.5, 0.6) is 11.5 Å². The number of carbonyl (C=O) groups is 1. The molecule has 2 aromatic carbocycles. The van der Waals surface area contributed by atoms with E-state index in [2.05, 4.69) is 17.4 Å². The van der Waals surface area contributed by atoms with Crippen LogP contribution in [0.2, 0.25) is 0 Å². The molecule has 134 valence electrons. The fourth-order valence-electron chi connectivity index (χ4n) is 2.71. The number of ether oxygens (including phenoxy) is 2. The number of amides is 1. The van der Waals surface area contributed by atoms with Gasteiger partial charge in [-0.2, -0.15) is 0 Å². The summed E-state index contributed by atoms with van der Waals surface area (Å²) in [5.41, 5.74) is 5.59. The van der Waals surface area contributed by atoms with Crippen molar-refractivity contribution in [2.75, 3.05) is 19.8 Å².